The van der Waals surface area contributed by atoms with Crippen LogP contribution in [0.25, 0.3) is 0 Å². The summed E-state index contributed by atoms with van der Waals surface area (Å²) in [4.78, 5) is 12.8. The van der Waals surface area contributed by atoms with Gasteiger partial charge < -0.3 is 19.7 Å². The molecule has 2 aromatic rings. The Hall–Kier alpha value is -2.69. The lowest BCUT2D eigenvalue weighted by Crippen LogP contribution is -2.04. The quantitative estimate of drug-likeness (QED) is 0.476. The van der Waals surface area contributed by atoms with Gasteiger partial charge in [0.25, 0.3) is 0 Å². The lowest BCUT2D eigenvalue weighted by molar-refractivity contribution is 0.103. The number of aromatic hydroxyl groups is 2. The third-order valence-electron chi connectivity index (χ3n) is 3.95. The van der Waals surface area contributed by atoms with Crippen molar-refractivity contribution in [2.24, 2.45) is 0 Å². The molecule has 0 spiro atoms. The molecule has 5 nitrogen and oxygen atoms in total. The van der Waals surface area contributed by atoms with Crippen LogP contribution in [-0.4, -0.2) is 29.2 Å². The zero-order valence-corrected chi connectivity index (χ0v) is 15.3. The molecular formula is C21H26O5. The van der Waals surface area contributed by atoms with Crippen LogP contribution in [0.4, 0.5) is 0 Å². The first kappa shape index (κ1) is 19.6. The van der Waals surface area contributed by atoms with Gasteiger partial charge >= 0.3 is 0 Å². The van der Waals surface area contributed by atoms with Crippen molar-refractivity contribution in [3.05, 3.63) is 47.5 Å². The molecule has 0 amide bonds. The predicted molar refractivity (Wildman–Crippen MR) is 100 cm³/mol. The summed E-state index contributed by atoms with van der Waals surface area (Å²) in [5, 5.41) is 19.8. The van der Waals surface area contributed by atoms with E-state index in [0.29, 0.717) is 35.8 Å². The van der Waals surface area contributed by atoms with E-state index in [1.54, 1.807) is 12.1 Å². The summed E-state index contributed by atoms with van der Waals surface area (Å²) in [6, 6.07) is 9.08. The number of carbonyl (C=O) groups excluding carboxylic acids is 1. The van der Waals surface area contributed by atoms with Crippen LogP contribution in [0.15, 0.2) is 36.4 Å². The smallest absolute Gasteiger partial charge is 0.193 e. The van der Waals surface area contributed by atoms with E-state index < -0.39 is 0 Å². The Bertz CT molecular complexity index is 678. The number of hydrogen-bond acceptors (Lipinski definition) is 5. The van der Waals surface area contributed by atoms with Gasteiger partial charge in [-0.1, -0.05) is 26.7 Å². The largest absolute Gasteiger partial charge is 0.504 e. The maximum absolute atomic E-state index is 12.8. The van der Waals surface area contributed by atoms with Gasteiger partial charge in [0.2, 0.25) is 0 Å². The van der Waals surface area contributed by atoms with Crippen molar-refractivity contribution in [3.63, 3.8) is 0 Å². The first-order valence-corrected chi connectivity index (χ1v) is 9.03. The average molecular weight is 358 g/mol. The van der Waals surface area contributed by atoms with Gasteiger partial charge in [0.05, 0.1) is 13.2 Å². The van der Waals surface area contributed by atoms with Gasteiger partial charge in [-0.3, -0.25) is 4.79 Å². The number of rotatable bonds is 10. The molecular weight excluding hydrogens is 332 g/mol. The van der Waals surface area contributed by atoms with Crippen LogP contribution in [0.5, 0.6) is 23.0 Å². The molecule has 0 aliphatic carbocycles. The Morgan fingerprint density at radius 1 is 0.808 bits per heavy atom. The predicted octanol–water partition coefficient (Wildman–Crippen LogP) is 4.69. The molecule has 0 unspecified atom stereocenters. The van der Waals surface area contributed by atoms with E-state index in [2.05, 4.69) is 0 Å². The second-order valence-electron chi connectivity index (χ2n) is 6.10. The second-order valence-corrected chi connectivity index (χ2v) is 6.10. The highest BCUT2D eigenvalue weighted by Crippen LogP contribution is 2.31. The topological polar surface area (TPSA) is 76.0 Å². The van der Waals surface area contributed by atoms with E-state index in [1.165, 1.54) is 24.3 Å². The Morgan fingerprint density at radius 2 is 1.23 bits per heavy atom. The molecule has 0 aliphatic rings. The van der Waals surface area contributed by atoms with E-state index in [4.69, 9.17) is 9.47 Å². The Balaban J connectivity index is 2.20. The van der Waals surface area contributed by atoms with Gasteiger partial charge in [0.15, 0.2) is 28.8 Å². The van der Waals surface area contributed by atoms with Gasteiger partial charge in [-0.2, -0.15) is 0 Å². The highest BCUT2D eigenvalue weighted by molar-refractivity contribution is 6.09. The average Bonchev–Trinajstić information content (AvgIpc) is 2.64. The second kappa shape index (κ2) is 9.70. The minimum Gasteiger partial charge on any atom is -0.504 e. The third-order valence-corrected chi connectivity index (χ3v) is 3.95. The number of ether oxygens (including phenoxy) is 2. The fourth-order valence-corrected chi connectivity index (χ4v) is 2.36. The van der Waals surface area contributed by atoms with E-state index in [1.807, 2.05) is 13.8 Å². The Morgan fingerprint density at radius 3 is 1.62 bits per heavy atom. The molecule has 26 heavy (non-hydrogen) atoms. The lowest BCUT2D eigenvalue weighted by Gasteiger charge is -2.11. The van der Waals surface area contributed by atoms with E-state index in [0.717, 1.165) is 25.7 Å². The maximum atomic E-state index is 12.8. The van der Waals surface area contributed by atoms with Crippen molar-refractivity contribution in [3.8, 4) is 23.0 Å². The highest BCUT2D eigenvalue weighted by Gasteiger charge is 2.15. The zero-order valence-electron chi connectivity index (χ0n) is 15.3. The molecule has 2 rings (SSSR count). The van der Waals surface area contributed by atoms with Crippen molar-refractivity contribution in [1.29, 1.82) is 0 Å². The normalized spacial score (nSPS) is 10.5. The number of carbonyl (C=O) groups is 1. The zero-order chi connectivity index (χ0) is 18.9. The summed E-state index contributed by atoms with van der Waals surface area (Å²) < 4.78 is 11.1. The molecule has 0 radical (unpaired) electrons. The van der Waals surface area contributed by atoms with Crippen LogP contribution in [0.3, 0.4) is 0 Å². The van der Waals surface area contributed by atoms with Crippen LogP contribution < -0.4 is 9.47 Å². The van der Waals surface area contributed by atoms with E-state index in [-0.39, 0.29) is 17.3 Å². The van der Waals surface area contributed by atoms with Crippen LogP contribution in [0.2, 0.25) is 0 Å². The molecule has 0 bridgehead atoms. The summed E-state index contributed by atoms with van der Waals surface area (Å²) in [7, 11) is 0. The van der Waals surface area contributed by atoms with Crippen molar-refractivity contribution < 1.29 is 24.5 Å². The number of benzene rings is 2. The van der Waals surface area contributed by atoms with Crippen LogP contribution >= 0.6 is 0 Å². The molecule has 0 aliphatic heterocycles. The van der Waals surface area contributed by atoms with Crippen molar-refractivity contribution in [2.75, 3.05) is 13.2 Å². The Labute approximate surface area is 154 Å². The van der Waals surface area contributed by atoms with Crippen LogP contribution in [-0.2, 0) is 0 Å². The van der Waals surface area contributed by atoms with Gasteiger partial charge in [-0.25, -0.2) is 0 Å². The van der Waals surface area contributed by atoms with Gasteiger partial charge in [0.1, 0.15) is 0 Å². The molecule has 0 fully saturated rings. The summed E-state index contributed by atoms with van der Waals surface area (Å²) >= 11 is 0. The number of hydrogen-bond donors (Lipinski definition) is 2. The molecule has 5 heteroatoms. The van der Waals surface area contributed by atoms with Gasteiger partial charge in [-0.05, 0) is 49.2 Å². The standard InChI is InChI=1S/C21H26O5/c1-3-5-11-25-19-13-15(7-9-17(19)22)21(24)16-8-10-18(23)20(14-16)26-12-6-4-2/h7-10,13-14,22-23H,3-6,11-12H2,1-2H3. The number of unbranched alkanes of at least 4 members (excludes halogenated alkanes) is 2. The molecule has 0 aromatic heterocycles. The highest BCUT2D eigenvalue weighted by atomic mass is 16.5. The van der Waals surface area contributed by atoms with E-state index in [9.17, 15) is 15.0 Å². The van der Waals surface area contributed by atoms with Gasteiger partial charge in [-0.15, -0.1) is 0 Å². The first-order chi connectivity index (χ1) is 12.6. The molecule has 140 valence electrons. The lowest BCUT2D eigenvalue weighted by atomic mass is 10.0. The van der Waals surface area contributed by atoms with Gasteiger partial charge in [0, 0.05) is 11.1 Å². The van der Waals surface area contributed by atoms with Crippen molar-refractivity contribution >= 4 is 5.78 Å². The fraction of sp³-hybridized carbons (Fsp3) is 0.381. The summed E-state index contributed by atoms with van der Waals surface area (Å²) in [6.45, 7) is 5.06. The number of phenolic OH excluding ortho intramolecular Hbond substituents is 2. The molecule has 0 heterocycles. The van der Waals surface area contributed by atoms with Crippen molar-refractivity contribution in [1.82, 2.24) is 0 Å². The third kappa shape index (κ3) is 5.15. The molecule has 2 N–H and O–H groups in total. The minimum atomic E-state index is -0.231. The van der Waals surface area contributed by atoms with E-state index >= 15 is 0 Å². The maximum Gasteiger partial charge on any atom is 0.193 e. The SMILES string of the molecule is CCCCOc1cc(C(=O)c2ccc(O)c(OCCCC)c2)ccc1O. The molecule has 0 saturated heterocycles. The Kier molecular flexibility index (Phi) is 7.33. The first-order valence-electron chi connectivity index (χ1n) is 9.03. The summed E-state index contributed by atoms with van der Waals surface area (Å²) in [5.41, 5.74) is 0.805. The van der Waals surface area contributed by atoms with Crippen LogP contribution in [0.1, 0.15) is 55.5 Å². The summed E-state index contributed by atoms with van der Waals surface area (Å²) in [5.74, 6) is 0.370. The fourth-order valence-electron chi connectivity index (χ4n) is 2.36. The number of phenols is 2. The summed E-state index contributed by atoms with van der Waals surface area (Å²) in [6.07, 6.45) is 3.70. The van der Waals surface area contributed by atoms with Crippen molar-refractivity contribution in [2.45, 2.75) is 39.5 Å². The molecule has 0 atom stereocenters. The number of ketones is 1. The monoisotopic (exact) mass is 358 g/mol. The minimum absolute atomic E-state index is 0.00643. The molecule has 0 saturated carbocycles. The molecule has 2 aromatic carbocycles. The van der Waals surface area contributed by atoms with Crippen LogP contribution in [0, 0.1) is 0 Å².